The van der Waals surface area contributed by atoms with Gasteiger partial charge in [-0.1, -0.05) is 22.0 Å². The maximum absolute atomic E-state index is 12.5. The molecule has 1 atom stereocenters. The third kappa shape index (κ3) is 4.30. The lowest BCUT2D eigenvalue weighted by atomic mass is 10.0. The first-order valence-electron chi connectivity index (χ1n) is 10.7. The number of aromatic amines is 1. The van der Waals surface area contributed by atoms with Gasteiger partial charge in [-0.2, -0.15) is 4.98 Å². The van der Waals surface area contributed by atoms with Crippen LogP contribution in [0.5, 0.6) is 0 Å². The molecule has 5 rings (SSSR count). The number of piperidine rings is 1. The number of benzene rings is 1. The zero-order valence-electron chi connectivity index (χ0n) is 17.2. The lowest BCUT2D eigenvalue weighted by Gasteiger charge is -2.36. The van der Waals surface area contributed by atoms with E-state index >= 15 is 0 Å². The van der Waals surface area contributed by atoms with Crippen LogP contribution in [0.3, 0.4) is 0 Å². The van der Waals surface area contributed by atoms with E-state index in [0.29, 0.717) is 34.8 Å². The summed E-state index contributed by atoms with van der Waals surface area (Å²) >= 11 is 3.49. The molecule has 2 aromatic heterocycles. The molecule has 4 N–H and O–H groups in total. The van der Waals surface area contributed by atoms with Crippen molar-refractivity contribution >= 4 is 44.3 Å². The van der Waals surface area contributed by atoms with Crippen molar-refractivity contribution in [3.05, 3.63) is 51.4 Å². The minimum absolute atomic E-state index is 0.203. The van der Waals surface area contributed by atoms with Crippen molar-refractivity contribution in [1.29, 1.82) is 0 Å². The third-order valence-electron chi connectivity index (χ3n) is 6.22. The van der Waals surface area contributed by atoms with Crippen molar-refractivity contribution < 1.29 is 0 Å². The highest BCUT2D eigenvalue weighted by Crippen LogP contribution is 2.28. The molecule has 0 amide bonds. The standard InChI is InChI=1S/C22H26BrN7O/c23-14-2-1-3-16(12-14)26-20-19-18(4-8-25-21(19)31)27-22(28-20)29-10-6-17(7-11-29)30-9-5-15(24)13-30/h1-4,8,12,15,17H,5-7,9-11,13,24H2,(H,25,31)(H,26,27,28). The maximum atomic E-state index is 12.5. The molecule has 0 bridgehead atoms. The molecule has 162 valence electrons. The van der Waals surface area contributed by atoms with Crippen LogP contribution >= 0.6 is 15.9 Å². The van der Waals surface area contributed by atoms with Crippen LogP contribution in [0.25, 0.3) is 10.9 Å². The average molecular weight is 484 g/mol. The number of hydrogen-bond donors (Lipinski definition) is 3. The van der Waals surface area contributed by atoms with Gasteiger partial charge in [-0.05, 0) is 43.5 Å². The van der Waals surface area contributed by atoms with Crippen molar-refractivity contribution in [2.24, 2.45) is 5.73 Å². The largest absolute Gasteiger partial charge is 0.341 e. The second-order valence-corrected chi connectivity index (χ2v) is 9.25. The van der Waals surface area contributed by atoms with Gasteiger partial charge in [0.1, 0.15) is 11.2 Å². The number of nitrogens with one attached hydrogen (secondary N) is 2. The van der Waals surface area contributed by atoms with Gasteiger partial charge in [0.05, 0.1) is 5.52 Å². The lowest BCUT2D eigenvalue weighted by Crippen LogP contribution is -2.45. The van der Waals surface area contributed by atoms with Crippen LogP contribution in [0, 0.1) is 0 Å². The van der Waals surface area contributed by atoms with Crippen molar-refractivity contribution in [3.63, 3.8) is 0 Å². The van der Waals surface area contributed by atoms with Crippen molar-refractivity contribution in [3.8, 4) is 0 Å². The Balaban J connectivity index is 1.42. The number of likely N-dealkylation sites (tertiary alicyclic amines) is 1. The topological polar surface area (TPSA) is 103 Å². The number of nitrogens with zero attached hydrogens (tertiary/aromatic N) is 4. The monoisotopic (exact) mass is 483 g/mol. The summed E-state index contributed by atoms with van der Waals surface area (Å²) in [5, 5.41) is 3.78. The van der Waals surface area contributed by atoms with E-state index in [0.717, 1.165) is 55.6 Å². The van der Waals surface area contributed by atoms with E-state index in [1.807, 2.05) is 30.3 Å². The Morgan fingerprint density at radius 1 is 1.13 bits per heavy atom. The number of nitrogens with two attached hydrogens (primary N) is 1. The molecule has 2 aliphatic heterocycles. The molecule has 31 heavy (non-hydrogen) atoms. The SMILES string of the molecule is NC1CCN(C2CCN(c3nc(Nc4cccc(Br)c4)c4c(=O)[nH]ccc4n3)CC2)C1. The summed E-state index contributed by atoms with van der Waals surface area (Å²) in [6.07, 6.45) is 4.86. The minimum atomic E-state index is -0.203. The van der Waals surface area contributed by atoms with Gasteiger partial charge in [-0.15, -0.1) is 0 Å². The number of H-pyrrole nitrogens is 1. The van der Waals surface area contributed by atoms with E-state index in [1.54, 1.807) is 6.20 Å². The van der Waals surface area contributed by atoms with Gasteiger partial charge in [0.2, 0.25) is 5.95 Å². The highest BCUT2D eigenvalue weighted by atomic mass is 79.9. The molecular weight excluding hydrogens is 458 g/mol. The predicted octanol–water partition coefficient (Wildman–Crippen LogP) is 2.83. The summed E-state index contributed by atoms with van der Waals surface area (Å²) < 4.78 is 0.952. The zero-order valence-corrected chi connectivity index (χ0v) is 18.8. The molecule has 2 saturated heterocycles. The van der Waals surface area contributed by atoms with Crippen LogP contribution in [0.4, 0.5) is 17.5 Å². The summed E-state index contributed by atoms with van der Waals surface area (Å²) in [6, 6.07) is 10.5. The first-order chi connectivity index (χ1) is 15.1. The molecule has 0 saturated carbocycles. The van der Waals surface area contributed by atoms with E-state index in [9.17, 15) is 4.79 Å². The van der Waals surface area contributed by atoms with Crippen LogP contribution in [-0.4, -0.2) is 58.1 Å². The number of pyridine rings is 1. The number of fused-ring (bicyclic) bond motifs is 1. The number of aromatic nitrogens is 3. The molecule has 3 aromatic rings. The molecular formula is C22H26BrN7O. The molecule has 2 aliphatic rings. The Morgan fingerprint density at radius 2 is 1.97 bits per heavy atom. The zero-order chi connectivity index (χ0) is 21.4. The maximum Gasteiger partial charge on any atom is 0.261 e. The number of hydrogen-bond acceptors (Lipinski definition) is 7. The summed E-state index contributed by atoms with van der Waals surface area (Å²) in [5.74, 6) is 1.18. The smallest absolute Gasteiger partial charge is 0.261 e. The average Bonchev–Trinajstić information content (AvgIpc) is 3.20. The first kappa shape index (κ1) is 20.4. The molecule has 0 aliphatic carbocycles. The molecule has 0 spiro atoms. The fraction of sp³-hybridized carbons (Fsp3) is 0.409. The Hall–Kier alpha value is -2.49. The number of rotatable bonds is 4. The Bertz CT molecular complexity index is 1140. The van der Waals surface area contributed by atoms with Crippen LogP contribution < -0.4 is 21.5 Å². The molecule has 0 radical (unpaired) electrons. The van der Waals surface area contributed by atoms with E-state index in [-0.39, 0.29) is 5.56 Å². The van der Waals surface area contributed by atoms with Gasteiger partial charge < -0.3 is 20.9 Å². The predicted molar refractivity (Wildman–Crippen MR) is 127 cm³/mol. The van der Waals surface area contributed by atoms with Crippen LogP contribution in [0.1, 0.15) is 19.3 Å². The molecule has 9 heteroatoms. The highest BCUT2D eigenvalue weighted by molar-refractivity contribution is 9.10. The van der Waals surface area contributed by atoms with Gasteiger partial charge in [0, 0.05) is 54.6 Å². The van der Waals surface area contributed by atoms with Gasteiger partial charge >= 0.3 is 0 Å². The number of halogens is 1. The second-order valence-electron chi connectivity index (χ2n) is 8.34. The van der Waals surface area contributed by atoms with Gasteiger partial charge in [0.25, 0.3) is 5.56 Å². The third-order valence-corrected chi connectivity index (χ3v) is 6.71. The van der Waals surface area contributed by atoms with Gasteiger partial charge in [-0.3, -0.25) is 9.69 Å². The normalized spacial score (nSPS) is 20.5. The first-order valence-corrected chi connectivity index (χ1v) is 11.5. The molecule has 8 nitrogen and oxygen atoms in total. The summed E-state index contributed by atoms with van der Waals surface area (Å²) in [4.78, 5) is 29.5. The van der Waals surface area contributed by atoms with Crippen molar-refractivity contribution in [2.75, 3.05) is 36.4 Å². The van der Waals surface area contributed by atoms with Crippen molar-refractivity contribution in [2.45, 2.75) is 31.3 Å². The van der Waals surface area contributed by atoms with E-state index in [1.165, 1.54) is 0 Å². The lowest BCUT2D eigenvalue weighted by molar-refractivity contribution is 0.205. The van der Waals surface area contributed by atoms with E-state index in [2.05, 4.69) is 36.0 Å². The summed E-state index contributed by atoms with van der Waals surface area (Å²) in [6.45, 7) is 3.88. The fourth-order valence-electron chi connectivity index (χ4n) is 4.59. The van der Waals surface area contributed by atoms with Crippen LogP contribution in [-0.2, 0) is 0 Å². The quantitative estimate of drug-likeness (QED) is 0.523. The fourth-order valence-corrected chi connectivity index (χ4v) is 4.99. The molecule has 4 heterocycles. The molecule has 1 aromatic carbocycles. The van der Waals surface area contributed by atoms with Crippen LogP contribution in [0.2, 0.25) is 0 Å². The second kappa shape index (κ2) is 8.57. The number of anilines is 3. The van der Waals surface area contributed by atoms with Crippen molar-refractivity contribution in [1.82, 2.24) is 19.9 Å². The Kier molecular flexibility index (Phi) is 5.64. The summed E-state index contributed by atoms with van der Waals surface area (Å²) in [7, 11) is 0. The van der Waals surface area contributed by atoms with Gasteiger partial charge in [-0.25, -0.2) is 4.98 Å². The summed E-state index contributed by atoms with van der Waals surface area (Å²) in [5.41, 5.74) is 7.38. The Labute approximate surface area is 189 Å². The van der Waals surface area contributed by atoms with E-state index in [4.69, 9.17) is 15.7 Å². The Morgan fingerprint density at radius 3 is 2.71 bits per heavy atom. The highest BCUT2D eigenvalue weighted by Gasteiger charge is 2.30. The van der Waals surface area contributed by atoms with Crippen LogP contribution in [0.15, 0.2) is 45.8 Å². The molecule has 1 unspecified atom stereocenters. The minimum Gasteiger partial charge on any atom is -0.341 e. The van der Waals surface area contributed by atoms with Gasteiger partial charge in [0.15, 0.2) is 0 Å². The molecule has 2 fully saturated rings. The van der Waals surface area contributed by atoms with E-state index < -0.39 is 0 Å².